The monoisotopic (exact) mass is 284 g/mol. The van der Waals surface area contributed by atoms with Crippen LogP contribution in [0.2, 0.25) is 0 Å². The Morgan fingerprint density at radius 1 is 1.14 bits per heavy atom. The van der Waals surface area contributed by atoms with Crippen LogP contribution in [0, 0.1) is 0 Å². The Labute approximate surface area is 124 Å². The van der Waals surface area contributed by atoms with Gasteiger partial charge in [0, 0.05) is 30.7 Å². The van der Waals surface area contributed by atoms with E-state index in [1.165, 1.54) is 6.42 Å². The maximum Gasteiger partial charge on any atom is 0.129 e. The molecule has 0 saturated carbocycles. The number of anilines is 1. The summed E-state index contributed by atoms with van der Waals surface area (Å²) in [4.78, 5) is 7.28. The number of nitrogens with zero attached hydrogens (tertiary/aromatic N) is 2. The molecule has 2 fully saturated rings. The molecule has 0 bridgehead atoms. The lowest BCUT2D eigenvalue weighted by molar-refractivity contribution is 0.0285. The van der Waals surface area contributed by atoms with Gasteiger partial charge in [-0.15, -0.1) is 0 Å². The van der Waals surface area contributed by atoms with Crippen LogP contribution < -0.4 is 4.90 Å². The van der Waals surface area contributed by atoms with Crippen LogP contribution in [0.3, 0.4) is 0 Å². The maximum atomic E-state index is 9.21. The van der Waals surface area contributed by atoms with Gasteiger partial charge in [0.25, 0.3) is 0 Å². The van der Waals surface area contributed by atoms with Crippen molar-refractivity contribution in [2.45, 2.75) is 31.4 Å². The average molecular weight is 284 g/mol. The normalized spacial score (nSPS) is 20.7. The van der Waals surface area contributed by atoms with Gasteiger partial charge in [-0.05, 0) is 49.1 Å². The molecular weight excluding hydrogens is 264 g/mol. The molecule has 1 spiro atoms. The minimum Gasteiger partial charge on any atom is -0.392 e. The van der Waals surface area contributed by atoms with E-state index in [2.05, 4.69) is 17.0 Å². The molecule has 2 aromatic rings. The highest BCUT2D eigenvalue weighted by Gasteiger charge is 2.46. The van der Waals surface area contributed by atoms with Crippen LogP contribution in [0.15, 0.2) is 30.3 Å². The molecule has 0 radical (unpaired) electrons. The zero-order valence-electron chi connectivity index (χ0n) is 12.1. The number of aliphatic hydroxyl groups is 1. The van der Waals surface area contributed by atoms with Gasteiger partial charge in [0.05, 0.1) is 12.1 Å². The standard InChI is InChI=1S/C17H20N2O2/c20-12-13-1-3-15-14(11-13)2-4-16(18-15)19-8-5-17(19)6-9-21-10-7-17/h1-4,11,20H,5-10,12H2. The number of ether oxygens (including phenoxy) is 1. The molecule has 2 saturated heterocycles. The van der Waals surface area contributed by atoms with Crippen LogP contribution in [0.1, 0.15) is 24.8 Å². The first kappa shape index (κ1) is 13.0. The quantitative estimate of drug-likeness (QED) is 0.920. The summed E-state index contributed by atoms with van der Waals surface area (Å²) >= 11 is 0. The SMILES string of the molecule is OCc1ccc2nc(N3CCC34CCOCC4)ccc2c1. The molecule has 2 aliphatic rings. The lowest BCUT2D eigenvalue weighted by atomic mass is 9.78. The van der Waals surface area contributed by atoms with Gasteiger partial charge in [-0.25, -0.2) is 4.98 Å². The Bertz CT molecular complexity index is 665. The number of aromatic nitrogens is 1. The Morgan fingerprint density at radius 3 is 2.71 bits per heavy atom. The fraction of sp³-hybridized carbons (Fsp3) is 0.471. The minimum absolute atomic E-state index is 0.0763. The zero-order valence-corrected chi connectivity index (χ0v) is 12.1. The van der Waals surface area contributed by atoms with E-state index in [1.807, 2.05) is 18.2 Å². The number of benzene rings is 1. The Balaban J connectivity index is 1.67. The Kier molecular flexibility index (Phi) is 3.08. The second kappa shape index (κ2) is 4.97. The predicted molar refractivity (Wildman–Crippen MR) is 82.4 cm³/mol. The fourth-order valence-electron chi connectivity index (χ4n) is 3.58. The smallest absolute Gasteiger partial charge is 0.129 e. The van der Waals surface area contributed by atoms with Crippen LogP contribution in [0.5, 0.6) is 0 Å². The molecule has 110 valence electrons. The molecule has 21 heavy (non-hydrogen) atoms. The van der Waals surface area contributed by atoms with Crippen LogP contribution in [0.4, 0.5) is 5.82 Å². The van der Waals surface area contributed by atoms with E-state index in [1.54, 1.807) is 0 Å². The zero-order chi connectivity index (χ0) is 14.3. The summed E-state index contributed by atoms with van der Waals surface area (Å²) in [5.41, 5.74) is 2.21. The first-order valence-corrected chi connectivity index (χ1v) is 7.67. The number of rotatable bonds is 2. The van der Waals surface area contributed by atoms with Crippen molar-refractivity contribution in [3.63, 3.8) is 0 Å². The average Bonchev–Trinajstić information content (AvgIpc) is 2.54. The van der Waals surface area contributed by atoms with Crippen molar-refractivity contribution >= 4 is 16.7 Å². The van der Waals surface area contributed by atoms with Gasteiger partial charge in [-0.2, -0.15) is 0 Å². The van der Waals surface area contributed by atoms with Crippen molar-refractivity contribution in [2.75, 3.05) is 24.7 Å². The fourth-order valence-corrected chi connectivity index (χ4v) is 3.58. The molecule has 2 aliphatic heterocycles. The van der Waals surface area contributed by atoms with Crippen LogP contribution in [-0.2, 0) is 11.3 Å². The molecule has 0 unspecified atom stereocenters. The number of hydrogen-bond donors (Lipinski definition) is 1. The lowest BCUT2D eigenvalue weighted by Gasteiger charge is -2.55. The third-order valence-electron chi connectivity index (χ3n) is 4.99. The maximum absolute atomic E-state index is 9.21. The van der Waals surface area contributed by atoms with Gasteiger partial charge in [-0.1, -0.05) is 6.07 Å². The van der Waals surface area contributed by atoms with Gasteiger partial charge in [0.1, 0.15) is 5.82 Å². The second-order valence-corrected chi connectivity index (χ2v) is 6.09. The van der Waals surface area contributed by atoms with E-state index in [0.29, 0.717) is 0 Å². The van der Waals surface area contributed by atoms with Crippen molar-refractivity contribution in [3.05, 3.63) is 35.9 Å². The van der Waals surface area contributed by atoms with E-state index in [0.717, 1.165) is 54.9 Å². The van der Waals surface area contributed by atoms with E-state index in [4.69, 9.17) is 9.72 Å². The van der Waals surface area contributed by atoms with E-state index in [9.17, 15) is 5.11 Å². The van der Waals surface area contributed by atoms with Gasteiger partial charge in [0.15, 0.2) is 0 Å². The topological polar surface area (TPSA) is 45.6 Å². The molecule has 1 aromatic heterocycles. The summed E-state index contributed by atoms with van der Waals surface area (Å²) in [6, 6.07) is 10.2. The van der Waals surface area contributed by atoms with Crippen molar-refractivity contribution in [3.8, 4) is 0 Å². The van der Waals surface area contributed by atoms with Crippen LogP contribution in [0.25, 0.3) is 10.9 Å². The van der Waals surface area contributed by atoms with Crippen molar-refractivity contribution in [1.29, 1.82) is 0 Å². The summed E-state index contributed by atoms with van der Waals surface area (Å²) in [6.45, 7) is 2.90. The molecule has 1 aromatic carbocycles. The molecule has 4 heteroatoms. The van der Waals surface area contributed by atoms with Crippen LogP contribution >= 0.6 is 0 Å². The Hall–Kier alpha value is -1.65. The summed E-state index contributed by atoms with van der Waals surface area (Å²) < 4.78 is 5.51. The summed E-state index contributed by atoms with van der Waals surface area (Å²) in [5, 5.41) is 10.3. The van der Waals surface area contributed by atoms with Crippen molar-refractivity contribution in [2.24, 2.45) is 0 Å². The summed E-state index contributed by atoms with van der Waals surface area (Å²) in [7, 11) is 0. The van der Waals surface area contributed by atoms with Gasteiger partial charge in [0.2, 0.25) is 0 Å². The third-order valence-corrected chi connectivity index (χ3v) is 4.99. The van der Waals surface area contributed by atoms with Gasteiger partial charge >= 0.3 is 0 Å². The minimum atomic E-state index is 0.0763. The molecule has 0 amide bonds. The number of pyridine rings is 1. The predicted octanol–water partition coefficient (Wildman–Crippen LogP) is 2.49. The molecule has 0 atom stereocenters. The van der Waals surface area contributed by atoms with Crippen molar-refractivity contribution in [1.82, 2.24) is 4.98 Å². The van der Waals surface area contributed by atoms with E-state index >= 15 is 0 Å². The van der Waals surface area contributed by atoms with Crippen LogP contribution in [-0.4, -0.2) is 35.4 Å². The molecule has 1 N–H and O–H groups in total. The number of aliphatic hydroxyl groups excluding tert-OH is 1. The summed E-state index contributed by atoms with van der Waals surface area (Å²) in [5.74, 6) is 1.08. The highest BCUT2D eigenvalue weighted by atomic mass is 16.5. The molecule has 4 rings (SSSR count). The first-order chi connectivity index (χ1) is 10.3. The second-order valence-electron chi connectivity index (χ2n) is 6.09. The van der Waals surface area contributed by atoms with Gasteiger partial charge < -0.3 is 14.7 Å². The molecule has 3 heterocycles. The lowest BCUT2D eigenvalue weighted by Crippen LogP contribution is -2.62. The molecule has 0 aliphatic carbocycles. The summed E-state index contributed by atoms with van der Waals surface area (Å²) in [6.07, 6.45) is 3.46. The highest BCUT2D eigenvalue weighted by Crippen LogP contribution is 2.42. The number of hydrogen-bond acceptors (Lipinski definition) is 4. The van der Waals surface area contributed by atoms with E-state index in [-0.39, 0.29) is 12.1 Å². The molecular formula is C17H20N2O2. The van der Waals surface area contributed by atoms with E-state index < -0.39 is 0 Å². The van der Waals surface area contributed by atoms with Crippen molar-refractivity contribution < 1.29 is 9.84 Å². The highest BCUT2D eigenvalue weighted by molar-refractivity contribution is 5.81. The Morgan fingerprint density at radius 2 is 2.00 bits per heavy atom. The molecule has 4 nitrogen and oxygen atoms in total. The number of fused-ring (bicyclic) bond motifs is 1. The van der Waals surface area contributed by atoms with Gasteiger partial charge in [-0.3, -0.25) is 0 Å². The largest absolute Gasteiger partial charge is 0.392 e. The first-order valence-electron chi connectivity index (χ1n) is 7.67. The third kappa shape index (κ3) is 2.10.